The van der Waals surface area contributed by atoms with E-state index in [1.54, 1.807) is 0 Å². The molecule has 1 saturated heterocycles. The molecule has 1 heterocycles. The van der Waals surface area contributed by atoms with Gasteiger partial charge in [0.15, 0.2) is 5.11 Å². The number of hydrogen-bond acceptors (Lipinski definition) is 2. The zero-order valence-electron chi connectivity index (χ0n) is 6.37. The molecule has 0 unspecified atom stereocenters. The Morgan fingerprint density at radius 1 is 1.60 bits per heavy atom. The Labute approximate surface area is 66.8 Å². The van der Waals surface area contributed by atoms with Crippen LogP contribution in [-0.2, 0) is 0 Å². The fourth-order valence-electron chi connectivity index (χ4n) is 0.962. The summed E-state index contributed by atoms with van der Waals surface area (Å²) in [5.74, 6) is 0. The molecule has 1 rings (SSSR count). The third kappa shape index (κ3) is 1.38. The first kappa shape index (κ1) is 7.75. The smallest absolute Gasteiger partial charge is 0.166 e. The largest absolute Gasteiger partial charge is 0.376 e. The second-order valence-corrected chi connectivity index (χ2v) is 3.28. The second-order valence-electron chi connectivity index (χ2n) is 2.86. The summed E-state index contributed by atoms with van der Waals surface area (Å²) in [6, 6.07) is 0.640. The van der Waals surface area contributed by atoms with Crippen LogP contribution >= 0.6 is 12.2 Å². The minimum atomic E-state index is 0.526. The average molecular weight is 159 g/mol. The summed E-state index contributed by atoms with van der Waals surface area (Å²) < 4.78 is 0. The number of likely N-dealkylation sites (N-methyl/N-ethyl adjacent to an activating group) is 1. The van der Waals surface area contributed by atoms with E-state index < -0.39 is 0 Å². The van der Waals surface area contributed by atoms with Crippen LogP contribution < -0.4 is 5.73 Å². The van der Waals surface area contributed by atoms with Crippen molar-refractivity contribution in [2.24, 2.45) is 5.73 Å². The number of nitrogens with two attached hydrogens (primary N) is 1. The van der Waals surface area contributed by atoms with Crippen LogP contribution in [0, 0.1) is 0 Å². The van der Waals surface area contributed by atoms with Crippen molar-refractivity contribution in [3.63, 3.8) is 0 Å². The maximum absolute atomic E-state index is 5.40. The summed E-state index contributed by atoms with van der Waals surface area (Å²) >= 11 is 4.79. The summed E-state index contributed by atoms with van der Waals surface area (Å²) in [5, 5.41) is 0.526. The molecule has 4 heteroatoms. The molecule has 2 N–H and O–H groups in total. The molecule has 0 aromatic heterocycles. The van der Waals surface area contributed by atoms with Gasteiger partial charge in [-0.3, -0.25) is 0 Å². The van der Waals surface area contributed by atoms with E-state index >= 15 is 0 Å². The predicted molar refractivity (Wildman–Crippen MR) is 45.8 cm³/mol. The Bertz CT molecular complexity index is 140. The maximum Gasteiger partial charge on any atom is 0.166 e. The molecular weight excluding hydrogens is 146 g/mol. The Kier molecular flexibility index (Phi) is 2.11. The Balaban J connectivity index is 2.24. The van der Waals surface area contributed by atoms with Crippen molar-refractivity contribution in [1.82, 2.24) is 9.80 Å². The first-order chi connectivity index (χ1) is 4.61. The highest BCUT2D eigenvalue weighted by Crippen LogP contribution is 2.10. The zero-order valence-corrected chi connectivity index (χ0v) is 7.19. The molecular formula is C6H13N3S. The normalized spacial score (nSPS) is 19.3. The van der Waals surface area contributed by atoms with Gasteiger partial charge in [-0.25, -0.2) is 0 Å². The van der Waals surface area contributed by atoms with E-state index in [-0.39, 0.29) is 0 Å². The Hall–Kier alpha value is -0.350. The third-order valence-electron chi connectivity index (χ3n) is 1.90. The molecule has 0 spiro atoms. The van der Waals surface area contributed by atoms with Crippen LogP contribution in [0.5, 0.6) is 0 Å². The van der Waals surface area contributed by atoms with Gasteiger partial charge in [-0.2, -0.15) is 0 Å². The van der Waals surface area contributed by atoms with E-state index in [9.17, 15) is 0 Å². The van der Waals surface area contributed by atoms with E-state index in [2.05, 4.69) is 19.0 Å². The first-order valence-corrected chi connectivity index (χ1v) is 3.73. The van der Waals surface area contributed by atoms with Crippen LogP contribution in [0.2, 0.25) is 0 Å². The predicted octanol–water partition coefficient (Wildman–Crippen LogP) is -0.524. The molecule has 10 heavy (non-hydrogen) atoms. The Morgan fingerprint density at radius 2 is 2.10 bits per heavy atom. The zero-order chi connectivity index (χ0) is 7.72. The quantitative estimate of drug-likeness (QED) is 0.522. The van der Waals surface area contributed by atoms with Crippen molar-refractivity contribution in [1.29, 1.82) is 0 Å². The minimum absolute atomic E-state index is 0.526. The lowest BCUT2D eigenvalue weighted by Crippen LogP contribution is -2.60. The van der Waals surface area contributed by atoms with Gasteiger partial charge in [0.05, 0.1) is 0 Å². The van der Waals surface area contributed by atoms with Crippen LogP contribution in [0.4, 0.5) is 0 Å². The van der Waals surface area contributed by atoms with Crippen molar-refractivity contribution in [3.05, 3.63) is 0 Å². The van der Waals surface area contributed by atoms with Crippen molar-refractivity contribution < 1.29 is 0 Å². The molecule has 0 atom stereocenters. The number of rotatable bonds is 1. The summed E-state index contributed by atoms with van der Waals surface area (Å²) in [4.78, 5) is 4.19. The molecule has 0 radical (unpaired) electrons. The van der Waals surface area contributed by atoms with Crippen LogP contribution in [-0.4, -0.2) is 48.1 Å². The number of nitrogens with zero attached hydrogens (tertiary/aromatic N) is 2. The molecule has 1 aliphatic rings. The van der Waals surface area contributed by atoms with Gasteiger partial charge in [0.25, 0.3) is 0 Å². The van der Waals surface area contributed by atoms with Crippen LogP contribution in [0.25, 0.3) is 0 Å². The molecule has 0 aliphatic carbocycles. The minimum Gasteiger partial charge on any atom is -0.376 e. The van der Waals surface area contributed by atoms with E-state index in [4.69, 9.17) is 18.0 Å². The fourth-order valence-corrected chi connectivity index (χ4v) is 1.11. The highest BCUT2D eigenvalue weighted by Gasteiger charge is 2.28. The van der Waals surface area contributed by atoms with Crippen LogP contribution in [0.3, 0.4) is 0 Å². The number of thiocarbonyl (C=S) groups is 1. The SMILES string of the molecule is CN(C)C1CN(C(N)=S)C1. The van der Waals surface area contributed by atoms with Gasteiger partial charge in [-0.1, -0.05) is 0 Å². The summed E-state index contributed by atoms with van der Waals surface area (Å²) in [5.41, 5.74) is 5.40. The van der Waals surface area contributed by atoms with Gasteiger partial charge in [-0.15, -0.1) is 0 Å². The number of hydrogen-bond donors (Lipinski definition) is 1. The highest BCUT2D eigenvalue weighted by atomic mass is 32.1. The van der Waals surface area contributed by atoms with Crippen molar-refractivity contribution >= 4 is 17.3 Å². The van der Waals surface area contributed by atoms with Gasteiger partial charge in [0.2, 0.25) is 0 Å². The van der Waals surface area contributed by atoms with E-state index in [0.29, 0.717) is 11.2 Å². The van der Waals surface area contributed by atoms with Crippen LogP contribution in [0.1, 0.15) is 0 Å². The van der Waals surface area contributed by atoms with Gasteiger partial charge >= 0.3 is 0 Å². The topological polar surface area (TPSA) is 32.5 Å². The molecule has 0 bridgehead atoms. The Morgan fingerprint density at radius 3 is 2.40 bits per heavy atom. The number of likely N-dealkylation sites (tertiary alicyclic amines) is 1. The van der Waals surface area contributed by atoms with Crippen LogP contribution in [0.15, 0.2) is 0 Å². The average Bonchev–Trinajstić information content (AvgIpc) is 1.56. The monoisotopic (exact) mass is 159 g/mol. The van der Waals surface area contributed by atoms with Gasteiger partial charge in [0.1, 0.15) is 0 Å². The summed E-state index contributed by atoms with van der Waals surface area (Å²) in [6.45, 7) is 1.98. The maximum atomic E-state index is 5.40. The standard InChI is InChI=1S/C6H13N3S/c1-8(2)5-3-9(4-5)6(7)10/h5H,3-4H2,1-2H3,(H2,7,10). The second kappa shape index (κ2) is 2.72. The molecule has 0 aromatic rings. The molecule has 3 nitrogen and oxygen atoms in total. The van der Waals surface area contributed by atoms with E-state index in [1.165, 1.54) is 0 Å². The third-order valence-corrected chi connectivity index (χ3v) is 2.16. The molecule has 0 aromatic carbocycles. The lowest BCUT2D eigenvalue weighted by atomic mass is 10.1. The van der Waals surface area contributed by atoms with E-state index in [1.807, 2.05) is 4.90 Å². The van der Waals surface area contributed by atoms with Gasteiger partial charge in [0, 0.05) is 19.1 Å². The van der Waals surface area contributed by atoms with E-state index in [0.717, 1.165) is 13.1 Å². The lowest BCUT2D eigenvalue weighted by molar-refractivity contribution is 0.125. The molecule has 0 amide bonds. The molecule has 1 aliphatic heterocycles. The lowest BCUT2D eigenvalue weighted by Gasteiger charge is -2.43. The molecule has 0 saturated carbocycles. The highest BCUT2D eigenvalue weighted by molar-refractivity contribution is 7.80. The summed E-state index contributed by atoms with van der Waals surface area (Å²) in [7, 11) is 4.14. The van der Waals surface area contributed by atoms with Crippen molar-refractivity contribution in [2.45, 2.75) is 6.04 Å². The molecule has 1 fully saturated rings. The fraction of sp³-hybridized carbons (Fsp3) is 0.833. The first-order valence-electron chi connectivity index (χ1n) is 3.32. The summed E-state index contributed by atoms with van der Waals surface area (Å²) in [6.07, 6.45) is 0. The van der Waals surface area contributed by atoms with Gasteiger partial charge in [-0.05, 0) is 26.3 Å². The molecule has 58 valence electrons. The van der Waals surface area contributed by atoms with Crippen molar-refractivity contribution in [3.8, 4) is 0 Å². The van der Waals surface area contributed by atoms with Gasteiger partial charge < -0.3 is 15.5 Å². The van der Waals surface area contributed by atoms with Crippen molar-refractivity contribution in [2.75, 3.05) is 27.2 Å².